The van der Waals surface area contributed by atoms with Gasteiger partial charge in [0.05, 0.1) is 6.20 Å². The quantitative estimate of drug-likeness (QED) is 0.814. The van der Waals surface area contributed by atoms with Gasteiger partial charge in [-0.2, -0.15) is 0 Å². The number of nitrogens with zero attached hydrogens (tertiary/aromatic N) is 1. The van der Waals surface area contributed by atoms with E-state index in [-0.39, 0.29) is 21.0 Å². The topological polar surface area (TPSA) is 88.2 Å². The van der Waals surface area contributed by atoms with Gasteiger partial charge in [0.1, 0.15) is 0 Å². The zero-order chi connectivity index (χ0) is 11.8. The Morgan fingerprint density at radius 3 is 2.88 bits per heavy atom. The number of thiazole rings is 1. The number of aromatic nitrogens is 1. The summed E-state index contributed by atoms with van der Waals surface area (Å²) in [7, 11) is -3.62. The SMILES string of the molecule is O=C1CC(NS(=O)(=O)c2cnc(Cl)s2)CN1. The number of hydrogen-bond acceptors (Lipinski definition) is 5. The molecule has 0 radical (unpaired) electrons. The van der Waals surface area contributed by atoms with E-state index in [0.29, 0.717) is 6.54 Å². The van der Waals surface area contributed by atoms with Crippen molar-refractivity contribution in [2.75, 3.05) is 6.54 Å². The van der Waals surface area contributed by atoms with Crippen LogP contribution in [-0.4, -0.2) is 31.9 Å². The fourth-order valence-electron chi connectivity index (χ4n) is 1.33. The Kier molecular flexibility index (Phi) is 3.15. The summed E-state index contributed by atoms with van der Waals surface area (Å²) < 4.78 is 26.2. The number of halogens is 1. The minimum Gasteiger partial charge on any atom is -0.354 e. The molecule has 1 fully saturated rings. The van der Waals surface area contributed by atoms with Gasteiger partial charge >= 0.3 is 0 Å². The van der Waals surface area contributed by atoms with Gasteiger partial charge in [-0.1, -0.05) is 22.9 Å². The zero-order valence-electron chi connectivity index (χ0n) is 7.94. The molecule has 1 saturated heterocycles. The number of hydrogen-bond donors (Lipinski definition) is 2. The number of sulfonamides is 1. The second-order valence-corrected chi connectivity index (χ2v) is 6.81. The summed E-state index contributed by atoms with van der Waals surface area (Å²) in [4.78, 5) is 14.6. The molecule has 0 aliphatic carbocycles. The highest BCUT2D eigenvalue weighted by Gasteiger charge is 2.27. The van der Waals surface area contributed by atoms with Crippen LogP contribution in [0.2, 0.25) is 4.47 Å². The molecule has 0 saturated carbocycles. The fourth-order valence-corrected chi connectivity index (χ4v) is 3.87. The third-order valence-corrected chi connectivity index (χ3v) is 5.12. The van der Waals surface area contributed by atoms with Gasteiger partial charge < -0.3 is 5.32 Å². The van der Waals surface area contributed by atoms with Crippen LogP contribution < -0.4 is 10.0 Å². The highest BCUT2D eigenvalue weighted by atomic mass is 35.5. The molecule has 2 N–H and O–H groups in total. The Balaban J connectivity index is 2.12. The predicted molar refractivity (Wildman–Crippen MR) is 58.9 cm³/mol. The Morgan fingerprint density at radius 1 is 1.62 bits per heavy atom. The lowest BCUT2D eigenvalue weighted by Crippen LogP contribution is -2.35. The highest BCUT2D eigenvalue weighted by Crippen LogP contribution is 2.22. The normalized spacial score (nSPS) is 21.1. The Morgan fingerprint density at radius 2 is 2.38 bits per heavy atom. The van der Waals surface area contributed by atoms with Gasteiger partial charge in [0, 0.05) is 19.0 Å². The molecule has 16 heavy (non-hydrogen) atoms. The van der Waals surface area contributed by atoms with Crippen LogP contribution in [0.3, 0.4) is 0 Å². The monoisotopic (exact) mass is 281 g/mol. The lowest BCUT2D eigenvalue weighted by Gasteiger charge is -2.08. The number of carbonyl (C=O) groups excluding carboxylic acids is 1. The number of nitrogens with one attached hydrogen (secondary N) is 2. The Hall–Kier alpha value is -0.700. The minimum absolute atomic E-state index is 0.0526. The molecule has 1 aromatic heterocycles. The standard InChI is InChI=1S/C7H8ClN3O3S2/c8-7-10-3-6(15-7)16(13,14)11-4-1-5(12)9-2-4/h3-4,11H,1-2H2,(H,9,12). The maximum Gasteiger partial charge on any atom is 0.252 e. The number of rotatable bonds is 3. The van der Waals surface area contributed by atoms with Crippen molar-refractivity contribution < 1.29 is 13.2 Å². The molecule has 0 bridgehead atoms. The summed E-state index contributed by atoms with van der Waals surface area (Å²) in [5.74, 6) is -0.157. The molecular weight excluding hydrogens is 274 g/mol. The average molecular weight is 282 g/mol. The van der Waals surface area contributed by atoms with Gasteiger partial charge in [-0.25, -0.2) is 18.1 Å². The maximum atomic E-state index is 11.8. The molecule has 1 atom stereocenters. The minimum atomic E-state index is -3.62. The molecule has 1 amide bonds. The third-order valence-electron chi connectivity index (χ3n) is 2.02. The molecule has 1 aromatic rings. The van der Waals surface area contributed by atoms with Gasteiger partial charge in [-0.15, -0.1) is 0 Å². The van der Waals surface area contributed by atoms with Crippen molar-refractivity contribution in [3.05, 3.63) is 10.7 Å². The summed E-state index contributed by atoms with van der Waals surface area (Å²) in [6, 6.07) is -0.404. The molecule has 6 nitrogen and oxygen atoms in total. The van der Waals surface area contributed by atoms with Crippen LogP contribution >= 0.6 is 22.9 Å². The molecule has 2 heterocycles. The fraction of sp³-hybridized carbons (Fsp3) is 0.429. The molecular formula is C7H8ClN3O3S2. The molecule has 2 rings (SSSR count). The molecule has 1 unspecified atom stereocenters. The van der Waals surface area contributed by atoms with Crippen LogP contribution in [-0.2, 0) is 14.8 Å². The first-order valence-corrected chi connectivity index (χ1v) is 7.05. The second-order valence-electron chi connectivity index (χ2n) is 3.26. The van der Waals surface area contributed by atoms with E-state index < -0.39 is 16.1 Å². The van der Waals surface area contributed by atoms with Gasteiger partial charge in [-0.3, -0.25) is 4.79 Å². The third kappa shape index (κ3) is 2.51. The van der Waals surface area contributed by atoms with Crippen molar-refractivity contribution in [1.29, 1.82) is 0 Å². The largest absolute Gasteiger partial charge is 0.354 e. The summed E-state index contributed by atoms with van der Waals surface area (Å²) in [5, 5.41) is 2.54. The van der Waals surface area contributed by atoms with Crippen molar-refractivity contribution in [3.8, 4) is 0 Å². The van der Waals surface area contributed by atoms with Crippen LogP contribution in [0, 0.1) is 0 Å². The van der Waals surface area contributed by atoms with Gasteiger partial charge in [0.15, 0.2) is 8.68 Å². The molecule has 0 aromatic carbocycles. The van der Waals surface area contributed by atoms with E-state index in [1.165, 1.54) is 6.20 Å². The van der Waals surface area contributed by atoms with Crippen LogP contribution in [0.25, 0.3) is 0 Å². The summed E-state index contributed by atoms with van der Waals surface area (Å²) in [6.07, 6.45) is 1.35. The van der Waals surface area contributed by atoms with Crippen LogP contribution in [0.1, 0.15) is 6.42 Å². The van der Waals surface area contributed by atoms with E-state index in [2.05, 4.69) is 15.0 Å². The number of carbonyl (C=O) groups is 1. The smallest absolute Gasteiger partial charge is 0.252 e. The maximum absolute atomic E-state index is 11.8. The van der Waals surface area contributed by atoms with Crippen molar-refractivity contribution in [2.24, 2.45) is 0 Å². The van der Waals surface area contributed by atoms with E-state index >= 15 is 0 Å². The van der Waals surface area contributed by atoms with Crippen molar-refractivity contribution >= 4 is 38.9 Å². The molecule has 88 valence electrons. The molecule has 1 aliphatic heterocycles. The second kappa shape index (κ2) is 4.28. The van der Waals surface area contributed by atoms with Crippen LogP contribution in [0.5, 0.6) is 0 Å². The van der Waals surface area contributed by atoms with Crippen molar-refractivity contribution in [1.82, 2.24) is 15.0 Å². The number of amides is 1. The van der Waals surface area contributed by atoms with E-state index in [4.69, 9.17) is 11.6 Å². The van der Waals surface area contributed by atoms with E-state index in [0.717, 1.165) is 11.3 Å². The summed E-state index contributed by atoms with van der Waals surface area (Å²) in [6.45, 7) is 0.310. The van der Waals surface area contributed by atoms with Gasteiger partial charge in [0.25, 0.3) is 10.0 Å². The van der Waals surface area contributed by atoms with Crippen molar-refractivity contribution in [2.45, 2.75) is 16.7 Å². The van der Waals surface area contributed by atoms with Crippen molar-refractivity contribution in [3.63, 3.8) is 0 Å². The molecule has 1 aliphatic rings. The first-order chi connectivity index (χ1) is 7.47. The van der Waals surface area contributed by atoms with Crippen LogP contribution in [0.15, 0.2) is 10.4 Å². The van der Waals surface area contributed by atoms with E-state index in [1.807, 2.05) is 0 Å². The lowest BCUT2D eigenvalue weighted by molar-refractivity contribution is -0.119. The molecule has 0 spiro atoms. The van der Waals surface area contributed by atoms with E-state index in [9.17, 15) is 13.2 Å². The Bertz CT molecular complexity index is 513. The first-order valence-electron chi connectivity index (χ1n) is 4.38. The predicted octanol–water partition coefficient (Wildman–Crippen LogP) is -0.0367. The summed E-state index contributed by atoms with van der Waals surface area (Å²) in [5.41, 5.74) is 0. The first kappa shape index (κ1) is 11.8. The van der Waals surface area contributed by atoms with Crippen LogP contribution in [0.4, 0.5) is 0 Å². The lowest BCUT2D eigenvalue weighted by atomic mass is 10.3. The summed E-state index contributed by atoms with van der Waals surface area (Å²) >= 11 is 6.43. The Labute approximate surface area is 101 Å². The average Bonchev–Trinajstić information content (AvgIpc) is 2.75. The zero-order valence-corrected chi connectivity index (χ0v) is 10.3. The van der Waals surface area contributed by atoms with E-state index in [1.54, 1.807) is 0 Å². The van der Waals surface area contributed by atoms with Gasteiger partial charge in [0.2, 0.25) is 5.91 Å². The molecule has 9 heteroatoms. The highest BCUT2D eigenvalue weighted by molar-refractivity contribution is 7.91. The van der Waals surface area contributed by atoms with Gasteiger partial charge in [-0.05, 0) is 0 Å².